The summed E-state index contributed by atoms with van der Waals surface area (Å²) in [6.45, 7) is 0. The van der Waals surface area contributed by atoms with Crippen molar-refractivity contribution in [3.8, 4) is 0 Å². The van der Waals surface area contributed by atoms with Crippen LogP contribution < -0.4 is 9.59 Å². The number of hydrogen-bond donors (Lipinski definition) is 0. The van der Waals surface area contributed by atoms with Crippen LogP contribution in [0.2, 0.25) is 0 Å². The van der Waals surface area contributed by atoms with Gasteiger partial charge in [0.25, 0.3) is 0 Å². The van der Waals surface area contributed by atoms with Gasteiger partial charge in [-0.25, -0.2) is 0 Å². The van der Waals surface area contributed by atoms with Crippen molar-refractivity contribution in [1.82, 2.24) is 0 Å². The SMILES string of the molecule is O=[Si]([O-])[O-].[Al+3].[Ba+2].[Pb]. The molecule has 3 nitrogen and oxygen atoms in total. The van der Waals surface area contributed by atoms with Crippen molar-refractivity contribution in [2.24, 2.45) is 0 Å². The van der Waals surface area contributed by atoms with Gasteiger partial charge in [-0.05, 0) is 0 Å². The minimum Gasteiger partial charge on any atom is -0.672 e. The van der Waals surface area contributed by atoms with E-state index in [0.29, 0.717) is 0 Å². The van der Waals surface area contributed by atoms with Gasteiger partial charge in [-0.3, -0.25) is 0 Å². The van der Waals surface area contributed by atoms with E-state index in [9.17, 15) is 0 Å². The van der Waals surface area contributed by atoms with Crippen LogP contribution >= 0.6 is 0 Å². The summed E-state index contributed by atoms with van der Waals surface area (Å²) in [5.74, 6) is 0. The summed E-state index contributed by atoms with van der Waals surface area (Å²) in [4.78, 5) is 17.0. The molecule has 0 aliphatic heterocycles. The third-order valence-corrected chi connectivity index (χ3v) is 0. The predicted molar refractivity (Wildman–Crippen MR) is 23.7 cm³/mol. The molecule has 0 aliphatic rings. The van der Waals surface area contributed by atoms with Gasteiger partial charge in [-0.15, -0.1) is 0 Å². The molecule has 0 aromatic carbocycles. The Hall–Kier alpha value is 2.64. The summed E-state index contributed by atoms with van der Waals surface area (Å²) in [7, 11) is -3.63. The molecule has 0 bridgehead atoms. The van der Waals surface area contributed by atoms with E-state index in [1.807, 2.05) is 0 Å². The van der Waals surface area contributed by atoms with Crippen molar-refractivity contribution in [1.29, 1.82) is 0 Å². The maximum Gasteiger partial charge on any atom is 3.00 e. The van der Waals surface area contributed by atoms with E-state index in [4.69, 9.17) is 14.1 Å². The fourth-order valence-corrected chi connectivity index (χ4v) is 0. The molecule has 0 spiro atoms. The first-order valence-corrected chi connectivity index (χ1v) is 1.84. The first-order chi connectivity index (χ1) is 1.73. The molecule has 7 heavy (non-hydrogen) atoms. The van der Waals surface area contributed by atoms with Crippen molar-refractivity contribution >= 4 is 103 Å². The summed E-state index contributed by atoms with van der Waals surface area (Å²) >= 11 is 0. The molecule has 0 amide bonds. The smallest absolute Gasteiger partial charge is 0.672 e. The molecule has 0 aromatic rings. The van der Waals surface area contributed by atoms with Crippen LogP contribution in [-0.2, 0) is 4.46 Å². The van der Waals surface area contributed by atoms with E-state index in [2.05, 4.69) is 0 Å². The van der Waals surface area contributed by atoms with Crippen LogP contribution in [0, 0.1) is 0 Å². The zero-order chi connectivity index (χ0) is 3.58. The molecule has 0 saturated carbocycles. The van der Waals surface area contributed by atoms with E-state index >= 15 is 0 Å². The van der Waals surface area contributed by atoms with Crippen LogP contribution in [-0.4, -0.2) is 103 Å². The van der Waals surface area contributed by atoms with Gasteiger partial charge >= 0.3 is 66.2 Å². The molecule has 0 heterocycles. The quantitative estimate of drug-likeness (QED) is 0.356. The number of rotatable bonds is 0. The van der Waals surface area contributed by atoms with E-state index in [-0.39, 0.29) is 93.5 Å². The molecular formula is AlBaO3PbSi+3. The summed E-state index contributed by atoms with van der Waals surface area (Å²) < 4.78 is 8.52. The minimum atomic E-state index is -3.63. The minimum absolute atomic E-state index is 0. The van der Waals surface area contributed by atoms with Crippen molar-refractivity contribution in [2.45, 2.75) is 0 Å². The fourth-order valence-electron chi connectivity index (χ4n) is 0. The van der Waals surface area contributed by atoms with Crippen molar-refractivity contribution in [3.63, 3.8) is 0 Å². The summed E-state index contributed by atoms with van der Waals surface area (Å²) in [5.41, 5.74) is 0. The van der Waals surface area contributed by atoms with Crippen LogP contribution in [0.25, 0.3) is 0 Å². The van der Waals surface area contributed by atoms with Crippen LogP contribution in [0.1, 0.15) is 0 Å². The molecular weight excluding hydrogens is 448 g/mol. The topological polar surface area (TPSA) is 63.2 Å². The van der Waals surface area contributed by atoms with Gasteiger partial charge in [0.1, 0.15) is 0 Å². The van der Waals surface area contributed by atoms with Crippen molar-refractivity contribution in [2.75, 3.05) is 0 Å². The van der Waals surface area contributed by atoms with E-state index in [0.717, 1.165) is 0 Å². The molecule has 0 saturated heterocycles. The summed E-state index contributed by atoms with van der Waals surface area (Å²) in [6, 6.07) is 0. The van der Waals surface area contributed by atoms with E-state index in [1.165, 1.54) is 0 Å². The maximum absolute atomic E-state index is 8.52. The van der Waals surface area contributed by atoms with Crippen LogP contribution in [0.15, 0.2) is 0 Å². The number of hydrogen-bond acceptors (Lipinski definition) is 3. The van der Waals surface area contributed by atoms with Crippen molar-refractivity contribution in [3.05, 3.63) is 0 Å². The molecule has 0 fully saturated rings. The molecule has 0 rings (SSSR count). The monoisotopic (exact) mass is 449 g/mol. The zero-order valence-electron chi connectivity index (χ0n) is 3.51. The van der Waals surface area contributed by atoms with E-state index in [1.54, 1.807) is 0 Å². The Labute approximate surface area is 114 Å². The summed E-state index contributed by atoms with van der Waals surface area (Å²) in [5, 5.41) is 0. The normalized spacial score (nSPS) is 3.43. The van der Waals surface area contributed by atoms with Gasteiger partial charge < -0.3 is 14.1 Å². The molecule has 0 atom stereocenters. The van der Waals surface area contributed by atoms with E-state index < -0.39 is 9.17 Å². The Morgan fingerprint density at radius 1 is 1.29 bits per heavy atom. The Balaban J connectivity index is -0.0000000150. The second-order valence-corrected chi connectivity index (χ2v) is 0.750. The first kappa shape index (κ1) is 22.6. The molecule has 28 valence electrons. The zero-order valence-corrected chi connectivity index (χ0v) is 14.0. The Morgan fingerprint density at radius 3 is 1.29 bits per heavy atom. The third kappa shape index (κ3) is 54.6. The van der Waals surface area contributed by atoms with Gasteiger partial charge in [0.2, 0.25) is 0 Å². The predicted octanol–water partition coefficient (Wildman–Crippen LogP) is -4.02. The summed E-state index contributed by atoms with van der Waals surface area (Å²) in [6.07, 6.45) is 0. The molecule has 0 N–H and O–H groups in total. The second kappa shape index (κ2) is 15.9. The average molecular weight is 448 g/mol. The Kier molecular flexibility index (Phi) is 51.2. The van der Waals surface area contributed by atoms with Crippen LogP contribution in [0.3, 0.4) is 0 Å². The fraction of sp³-hybridized carbons (Fsp3) is 0. The Bertz CT molecular complexity index is 37.9. The molecule has 0 aromatic heterocycles. The van der Waals surface area contributed by atoms with Crippen LogP contribution in [0.5, 0.6) is 0 Å². The standard InChI is InChI=1S/Al.Ba.O3Si.Pb/c;;1-4(2)3;/q+3;+2;-2;. The van der Waals surface area contributed by atoms with Gasteiger partial charge in [0, 0.05) is 36.5 Å². The largest absolute Gasteiger partial charge is 3.00 e. The third-order valence-electron chi connectivity index (χ3n) is 0. The molecule has 4 radical (unpaired) electrons. The molecule has 0 unspecified atom stereocenters. The Morgan fingerprint density at radius 2 is 1.29 bits per heavy atom. The van der Waals surface area contributed by atoms with Gasteiger partial charge in [0.15, 0.2) is 0 Å². The molecule has 0 aliphatic carbocycles. The van der Waals surface area contributed by atoms with Gasteiger partial charge in [-0.2, -0.15) is 0 Å². The molecule has 7 heteroatoms. The van der Waals surface area contributed by atoms with Gasteiger partial charge in [-0.1, -0.05) is 0 Å². The average Bonchev–Trinajstić information content (AvgIpc) is 0.811. The second-order valence-electron chi connectivity index (χ2n) is 0.250. The van der Waals surface area contributed by atoms with Crippen molar-refractivity contribution < 1.29 is 14.1 Å². The first-order valence-electron chi connectivity index (χ1n) is 0.612. The van der Waals surface area contributed by atoms with Crippen LogP contribution in [0.4, 0.5) is 0 Å². The maximum atomic E-state index is 8.52. The van der Waals surface area contributed by atoms with Gasteiger partial charge in [0.05, 0.1) is 0 Å².